The molecule has 98 valence electrons. The fourth-order valence-electron chi connectivity index (χ4n) is 1.86. The Morgan fingerprint density at radius 2 is 1.28 bits per heavy atom. The van der Waals surface area contributed by atoms with Crippen LogP contribution in [0.5, 0.6) is 0 Å². The molecule has 1 saturated carbocycles. The van der Waals surface area contributed by atoms with Crippen molar-refractivity contribution in [1.82, 2.24) is 0 Å². The van der Waals surface area contributed by atoms with Gasteiger partial charge in [0.25, 0.3) is 0 Å². The van der Waals surface area contributed by atoms with Crippen LogP contribution in [-0.2, 0) is 0 Å². The maximum absolute atomic E-state index is 5.32. The second-order valence-corrected chi connectivity index (χ2v) is 4.56. The summed E-state index contributed by atoms with van der Waals surface area (Å²) in [6, 6.07) is 16.7. The number of hydrogen-bond acceptors (Lipinski definition) is 1. The largest absolute Gasteiger partial charge is 0.330 e. The Labute approximate surface area is 111 Å². The minimum Gasteiger partial charge on any atom is -0.330 e. The lowest BCUT2D eigenvalue weighted by Crippen LogP contribution is -2.00. The van der Waals surface area contributed by atoms with Crippen molar-refractivity contribution in [3.63, 3.8) is 0 Å². The molecule has 18 heavy (non-hydrogen) atoms. The lowest BCUT2D eigenvalue weighted by atomic mass is 10.1. The van der Waals surface area contributed by atoms with E-state index in [0.717, 1.165) is 18.4 Å². The molecule has 1 nitrogen and oxygen atoms in total. The molecule has 0 bridgehead atoms. The molecular weight excluding hydrogens is 218 g/mol. The minimum atomic E-state index is 0.880. The van der Waals surface area contributed by atoms with Gasteiger partial charge in [-0.3, -0.25) is 0 Å². The lowest BCUT2D eigenvalue weighted by Gasteiger charge is -1.92. The van der Waals surface area contributed by atoms with Crippen LogP contribution in [0.3, 0.4) is 0 Å². The molecule has 1 aliphatic rings. The van der Waals surface area contributed by atoms with Crippen molar-refractivity contribution in [1.29, 1.82) is 0 Å². The SMILES string of the molecule is CC.CC1C[C@H]1CN.c1ccc2ccccc2c1. The molecular formula is C17H25N. The summed E-state index contributed by atoms with van der Waals surface area (Å²) >= 11 is 0. The first-order valence-electron chi connectivity index (χ1n) is 6.95. The molecule has 2 N–H and O–H groups in total. The molecule has 2 aromatic rings. The maximum atomic E-state index is 5.32. The highest BCUT2D eigenvalue weighted by molar-refractivity contribution is 5.81. The first-order chi connectivity index (χ1) is 8.81. The molecule has 0 aromatic heterocycles. The third-order valence-corrected chi connectivity index (χ3v) is 3.24. The van der Waals surface area contributed by atoms with Crippen LogP contribution < -0.4 is 5.73 Å². The van der Waals surface area contributed by atoms with Gasteiger partial charge in [-0.15, -0.1) is 0 Å². The van der Waals surface area contributed by atoms with Crippen molar-refractivity contribution < 1.29 is 0 Å². The molecule has 0 radical (unpaired) electrons. The molecule has 2 atom stereocenters. The van der Waals surface area contributed by atoms with E-state index in [-0.39, 0.29) is 0 Å². The first-order valence-corrected chi connectivity index (χ1v) is 6.95. The first kappa shape index (κ1) is 14.7. The summed E-state index contributed by atoms with van der Waals surface area (Å²) in [5, 5.41) is 2.62. The number of rotatable bonds is 1. The second-order valence-electron chi connectivity index (χ2n) is 4.56. The van der Waals surface area contributed by atoms with Crippen LogP contribution in [0.25, 0.3) is 10.8 Å². The number of benzene rings is 2. The van der Waals surface area contributed by atoms with E-state index in [2.05, 4.69) is 55.5 Å². The molecule has 0 spiro atoms. The molecule has 0 amide bonds. The Morgan fingerprint density at radius 1 is 0.944 bits per heavy atom. The van der Waals surface area contributed by atoms with Gasteiger partial charge in [0.05, 0.1) is 0 Å². The summed E-state index contributed by atoms with van der Waals surface area (Å²) in [4.78, 5) is 0. The predicted molar refractivity (Wildman–Crippen MR) is 81.6 cm³/mol. The highest BCUT2D eigenvalue weighted by atomic mass is 14.6. The Bertz CT molecular complexity index is 383. The molecule has 3 rings (SSSR count). The second kappa shape index (κ2) is 7.88. The van der Waals surface area contributed by atoms with Crippen LogP contribution in [0.1, 0.15) is 27.2 Å². The zero-order chi connectivity index (χ0) is 13.4. The van der Waals surface area contributed by atoms with Crippen molar-refractivity contribution in [2.75, 3.05) is 6.54 Å². The average molecular weight is 243 g/mol. The average Bonchev–Trinajstić information content (AvgIpc) is 3.18. The zero-order valence-corrected chi connectivity index (χ0v) is 11.8. The topological polar surface area (TPSA) is 26.0 Å². The molecule has 1 heteroatoms. The fraction of sp³-hybridized carbons (Fsp3) is 0.412. The minimum absolute atomic E-state index is 0.880. The van der Waals surface area contributed by atoms with Crippen LogP contribution in [0.15, 0.2) is 48.5 Å². The van der Waals surface area contributed by atoms with Crippen LogP contribution in [-0.4, -0.2) is 6.54 Å². The van der Waals surface area contributed by atoms with E-state index in [0.29, 0.717) is 0 Å². The van der Waals surface area contributed by atoms with Crippen LogP contribution in [0.2, 0.25) is 0 Å². The Balaban J connectivity index is 0.000000174. The van der Waals surface area contributed by atoms with Crippen LogP contribution in [0.4, 0.5) is 0 Å². The van der Waals surface area contributed by atoms with E-state index in [1.807, 2.05) is 13.8 Å². The standard InChI is InChI=1S/C10H8.C5H11N.C2H6/c1-2-6-10-8-4-3-7-9(10)5-1;1-4-2-5(4)3-6;1-2/h1-8H;4-5H,2-3,6H2,1H3;1-2H3/t;4?,5-;/m.0./s1. The highest BCUT2D eigenvalue weighted by Gasteiger charge is 2.30. The number of nitrogens with two attached hydrogens (primary N) is 1. The molecule has 1 unspecified atom stereocenters. The summed E-state index contributed by atoms with van der Waals surface area (Å²) in [6.07, 6.45) is 1.37. The van der Waals surface area contributed by atoms with E-state index in [9.17, 15) is 0 Å². The highest BCUT2D eigenvalue weighted by Crippen LogP contribution is 2.35. The van der Waals surface area contributed by atoms with Gasteiger partial charge in [0, 0.05) is 0 Å². The molecule has 1 fully saturated rings. The van der Waals surface area contributed by atoms with Crippen molar-refractivity contribution in [2.45, 2.75) is 27.2 Å². The van der Waals surface area contributed by atoms with Gasteiger partial charge in [-0.1, -0.05) is 69.3 Å². The van der Waals surface area contributed by atoms with E-state index < -0.39 is 0 Å². The summed E-state index contributed by atoms with van der Waals surface area (Å²) < 4.78 is 0. The van der Waals surface area contributed by atoms with Gasteiger partial charge in [0.15, 0.2) is 0 Å². The predicted octanol–water partition coefficient (Wildman–Crippen LogP) is 4.47. The van der Waals surface area contributed by atoms with Crippen molar-refractivity contribution in [3.8, 4) is 0 Å². The monoisotopic (exact) mass is 243 g/mol. The van der Waals surface area contributed by atoms with Gasteiger partial charge in [-0.25, -0.2) is 0 Å². The lowest BCUT2D eigenvalue weighted by molar-refractivity contribution is 0.761. The summed E-state index contributed by atoms with van der Waals surface area (Å²) in [5.41, 5.74) is 5.32. The van der Waals surface area contributed by atoms with Gasteiger partial charge in [-0.05, 0) is 35.6 Å². The fourth-order valence-corrected chi connectivity index (χ4v) is 1.86. The quantitative estimate of drug-likeness (QED) is 0.786. The van der Waals surface area contributed by atoms with Gasteiger partial charge < -0.3 is 5.73 Å². The Morgan fingerprint density at radius 3 is 1.44 bits per heavy atom. The third kappa shape index (κ3) is 4.50. The maximum Gasteiger partial charge on any atom is -0.00462 e. The number of hydrogen-bond donors (Lipinski definition) is 1. The van der Waals surface area contributed by atoms with Gasteiger partial charge in [0.1, 0.15) is 0 Å². The van der Waals surface area contributed by atoms with Crippen LogP contribution >= 0.6 is 0 Å². The molecule has 0 aliphatic heterocycles. The zero-order valence-electron chi connectivity index (χ0n) is 11.8. The van der Waals surface area contributed by atoms with Crippen molar-refractivity contribution in [2.24, 2.45) is 17.6 Å². The molecule has 0 saturated heterocycles. The summed E-state index contributed by atoms with van der Waals surface area (Å²) in [6.45, 7) is 7.15. The molecule has 2 aromatic carbocycles. The number of fused-ring (bicyclic) bond motifs is 1. The Kier molecular flexibility index (Phi) is 6.45. The van der Waals surface area contributed by atoms with E-state index in [1.165, 1.54) is 17.2 Å². The van der Waals surface area contributed by atoms with E-state index in [4.69, 9.17) is 5.73 Å². The molecule has 1 aliphatic carbocycles. The summed E-state index contributed by atoms with van der Waals surface area (Å²) in [7, 11) is 0. The Hall–Kier alpha value is -1.34. The van der Waals surface area contributed by atoms with E-state index >= 15 is 0 Å². The van der Waals surface area contributed by atoms with Crippen molar-refractivity contribution >= 4 is 10.8 Å². The van der Waals surface area contributed by atoms with Crippen LogP contribution in [0, 0.1) is 11.8 Å². The van der Waals surface area contributed by atoms with Gasteiger partial charge in [-0.2, -0.15) is 0 Å². The van der Waals surface area contributed by atoms with Gasteiger partial charge >= 0.3 is 0 Å². The normalized spacial score (nSPS) is 20.2. The van der Waals surface area contributed by atoms with Gasteiger partial charge in [0.2, 0.25) is 0 Å². The smallest absolute Gasteiger partial charge is 0.00462 e. The van der Waals surface area contributed by atoms with Crippen molar-refractivity contribution in [3.05, 3.63) is 48.5 Å². The molecule has 0 heterocycles. The third-order valence-electron chi connectivity index (χ3n) is 3.24. The summed E-state index contributed by atoms with van der Waals surface area (Å²) in [5.74, 6) is 1.82. The van der Waals surface area contributed by atoms with E-state index in [1.54, 1.807) is 0 Å².